The number of nitrogens with zero attached hydrogens (tertiary/aromatic N) is 2. The van der Waals surface area contributed by atoms with Crippen LogP contribution in [0, 0.1) is 3.57 Å². The van der Waals surface area contributed by atoms with Crippen LogP contribution in [0.25, 0.3) is 11.4 Å². The van der Waals surface area contributed by atoms with E-state index in [1.807, 2.05) is 6.92 Å². The predicted molar refractivity (Wildman–Crippen MR) is 86.3 cm³/mol. The highest BCUT2D eigenvalue weighted by atomic mass is 127. The lowest BCUT2D eigenvalue weighted by Gasteiger charge is -2.08. The molecular weight excluding hydrogens is 414 g/mol. The summed E-state index contributed by atoms with van der Waals surface area (Å²) in [6.07, 6.45) is 1.68. The van der Waals surface area contributed by atoms with E-state index in [1.54, 1.807) is 18.3 Å². The second-order valence-corrected chi connectivity index (χ2v) is 6.29. The number of anilines is 1. The van der Waals surface area contributed by atoms with Crippen molar-refractivity contribution in [2.75, 3.05) is 11.9 Å². The molecule has 0 fully saturated rings. The van der Waals surface area contributed by atoms with Gasteiger partial charge in [-0.3, -0.25) is 0 Å². The SMILES string of the molecule is CCNc1nc(-c2ccc(SC(F)(F)F)cc2)ncc1I. The molecule has 1 heterocycles. The normalized spacial score (nSPS) is 11.5. The molecule has 0 aliphatic rings. The Kier molecular flexibility index (Phi) is 5.31. The summed E-state index contributed by atoms with van der Waals surface area (Å²) in [6.45, 7) is 2.69. The molecule has 1 aromatic carbocycles. The number of hydrogen-bond acceptors (Lipinski definition) is 4. The zero-order valence-corrected chi connectivity index (χ0v) is 13.9. The number of nitrogens with one attached hydrogen (secondary N) is 1. The molecular formula is C13H11F3IN3S. The molecule has 0 bridgehead atoms. The van der Waals surface area contributed by atoms with E-state index in [9.17, 15) is 13.2 Å². The standard InChI is InChI=1S/C13H11F3IN3S/c1-2-18-12-10(17)7-19-11(20-12)8-3-5-9(6-4-8)21-13(14,15)16/h3-7H,2H2,1H3,(H,18,19,20). The number of thioether (sulfide) groups is 1. The molecule has 21 heavy (non-hydrogen) atoms. The van der Waals surface area contributed by atoms with Crippen molar-refractivity contribution >= 4 is 40.2 Å². The molecule has 0 saturated carbocycles. The highest BCUT2D eigenvalue weighted by Gasteiger charge is 2.29. The summed E-state index contributed by atoms with van der Waals surface area (Å²) in [7, 11) is 0. The van der Waals surface area contributed by atoms with Crippen LogP contribution in [0.2, 0.25) is 0 Å². The third-order valence-electron chi connectivity index (χ3n) is 2.43. The van der Waals surface area contributed by atoms with Gasteiger partial charge in [-0.05, 0) is 53.4 Å². The monoisotopic (exact) mass is 425 g/mol. The van der Waals surface area contributed by atoms with Crippen molar-refractivity contribution in [3.63, 3.8) is 0 Å². The number of rotatable bonds is 4. The first kappa shape index (κ1) is 16.3. The van der Waals surface area contributed by atoms with Gasteiger partial charge in [0.1, 0.15) is 5.82 Å². The second kappa shape index (κ2) is 6.82. The summed E-state index contributed by atoms with van der Waals surface area (Å²) >= 11 is 1.99. The van der Waals surface area contributed by atoms with Crippen molar-refractivity contribution in [1.29, 1.82) is 0 Å². The Morgan fingerprint density at radius 2 is 1.90 bits per heavy atom. The topological polar surface area (TPSA) is 37.8 Å². The molecule has 3 nitrogen and oxygen atoms in total. The predicted octanol–water partition coefficient (Wildman–Crippen LogP) is 4.79. The van der Waals surface area contributed by atoms with Crippen molar-refractivity contribution in [3.05, 3.63) is 34.0 Å². The summed E-state index contributed by atoms with van der Waals surface area (Å²) in [5.41, 5.74) is -3.60. The molecule has 0 aliphatic heterocycles. The van der Waals surface area contributed by atoms with E-state index in [-0.39, 0.29) is 16.7 Å². The van der Waals surface area contributed by atoms with Crippen LogP contribution in [0.3, 0.4) is 0 Å². The van der Waals surface area contributed by atoms with Gasteiger partial charge in [-0.25, -0.2) is 9.97 Å². The molecule has 2 rings (SSSR count). The van der Waals surface area contributed by atoms with Crippen LogP contribution in [0.4, 0.5) is 19.0 Å². The van der Waals surface area contributed by atoms with Crippen LogP contribution < -0.4 is 5.32 Å². The second-order valence-electron chi connectivity index (χ2n) is 3.99. The molecule has 1 N–H and O–H groups in total. The summed E-state index contributed by atoms with van der Waals surface area (Å²) < 4.78 is 37.7. The highest BCUT2D eigenvalue weighted by molar-refractivity contribution is 14.1. The zero-order valence-electron chi connectivity index (χ0n) is 10.9. The maximum Gasteiger partial charge on any atom is 0.446 e. The average molecular weight is 425 g/mol. The Hall–Kier alpha value is -1.03. The van der Waals surface area contributed by atoms with Gasteiger partial charge in [0.2, 0.25) is 0 Å². The minimum absolute atomic E-state index is 0.136. The van der Waals surface area contributed by atoms with E-state index in [2.05, 4.69) is 37.9 Å². The van der Waals surface area contributed by atoms with Gasteiger partial charge in [-0.2, -0.15) is 13.2 Å². The maximum absolute atomic E-state index is 12.3. The minimum Gasteiger partial charge on any atom is -0.369 e. The Morgan fingerprint density at radius 1 is 1.24 bits per heavy atom. The van der Waals surface area contributed by atoms with Gasteiger partial charge in [0.15, 0.2) is 5.82 Å². The molecule has 1 aromatic heterocycles. The van der Waals surface area contributed by atoms with E-state index in [0.717, 1.165) is 15.9 Å². The first-order chi connectivity index (χ1) is 9.89. The van der Waals surface area contributed by atoms with E-state index >= 15 is 0 Å². The van der Waals surface area contributed by atoms with Gasteiger partial charge < -0.3 is 5.32 Å². The molecule has 2 aromatic rings. The molecule has 0 atom stereocenters. The highest BCUT2D eigenvalue weighted by Crippen LogP contribution is 2.37. The van der Waals surface area contributed by atoms with E-state index < -0.39 is 5.51 Å². The Labute approximate surface area is 137 Å². The maximum atomic E-state index is 12.3. The van der Waals surface area contributed by atoms with Crippen LogP contribution in [0.1, 0.15) is 6.92 Å². The Bertz CT molecular complexity index is 617. The minimum atomic E-state index is -4.28. The smallest absolute Gasteiger partial charge is 0.369 e. The number of aromatic nitrogens is 2. The molecule has 0 spiro atoms. The fourth-order valence-corrected chi connectivity index (χ4v) is 2.59. The van der Waals surface area contributed by atoms with Crippen molar-refractivity contribution in [1.82, 2.24) is 9.97 Å². The van der Waals surface area contributed by atoms with Crippen LogP contribution in [-0.4, -0.2) is 22.0 Å². The van der Waals surface area contributed by atoms with Crippen LogP contribution in [0.15, 0.2) is 35.4 Å². The molecule has 112 valence electrons. The van der Waals surface area contributed by atoms with Gasteiger partial charge in [0.25, 0.3) is 0 Å². The average Bonchev–Trinajstić information content (AvgIpc) is 2.41. The number of benzene rings is 1. The summed E-state index contributed by atoms with van der Waals surface area (Å²) in [6, 6.07) is 6.02. The molecule has 0 radical (unpaired) electrons. The lowest BCUT2D eigenvalue weighted by Crippen LogP contribution is -2.03. The van der Waals surface area contributed by atoms with E-state index in [0.29, 0.717) is 11.4 Å². The summed E-state index contributed by atoms with van der Waals surface area (Å²) in [4.78, 5) is 8.73. The van der Waals surface area contributed by atoms with Crippen LogP contribution in [0.5, 0.6) is 0 Å². The van der Waals surface area contributed by atoms with E-state index in [1.165, 1.54) is 12.1 Å². The zero-order chi connectivity index (χ0) is 15.5. The Balaban J connectivity index is 2.24. The Morgan fingerprint density at radius 3 is 2.48 bits per heavy atom. The molecule has 0 saturated heterocycles. The van der Waals surface area contributed by atoms with Gasteiger partial charge in [0.05, 0.1) is 3.57 Å². The largest absolute Gasteiger partial charge is 0.446 e. The van der Waals surface area contributed by atoms with Gasteiger partial charge in [0, 0.05) is 23.2 Å². The van der Waals surface area contributed by atoms with Crippen molar-refractivity contribution in [2.45, 2.75) is 17.3 Å². The first-order valence-electron chi connectivity index (χ1n) is 6.01. The van der Waals surface area contributed by atoms with Crippen LogP contribution >= 0.6 is 34.4 Å². The van der Waals surface area contributed by atoms with E-state index in [4.69, 9.17) is 0 Å². The number of hydrogen-bond donors (Lipinski definition) is 1. The number of halogens is 4. The third kappa shape index (κ3) is 4.73. The summed E-state index contributed by atoms with van der Waals surface area (Å²) in [5, 5.41) is 3.12. The number of alkyl halides is 3. The van der Waals surface area contributed by atoms with Crippen molar-refractivity contribution in [3.8, 4) is 11.4 Å². The van der Waals surface area contributed by atoms with Gasteiger partial charge in [-0.1, -0.05) is 12.1 Å². The third-order valence-corrected chi connectivity index (χ3v) is 3.96. The molecule has 8 heteroatoms. The molecule has 0 aliphatic carbocycles. The van der Waals surface area contributed by atoms with Crippen LogP contribution in [-0.2, 0) is 0 Å². The lowest BCUT2D eigenvalue weighted by molar-refractivity contribution is -0.0328. The quantitative estimate of drug-likeness (QED) is 0.565. The van der Waals surface area contributed by atoms with Crippen molar-refractivity contribution in [2.24, 2.45) is 0 Å². The molecule has 0 amide bonds. The van der Waals surface area contributed by atoms with Crippen molar-refractivity contribution < 1.29 is 13.2 Å². The fourth-order valence-electron chi connectivity index (χ4n) is 1.60. The summed E-state index contributed by atoms with van der Waals surface area (Å²) in [5.74, 6) is 1.20. The van der Waals surface area contributed by atoms with Gasteiger partial charge >= 0.3 is 5.51 Å². The lowest BCUT2D eigenvalue weighted by atomic mass is 10.2. The first-order valence-corrected chi connectivity index (χ1v) is 7.91. The molecule has 0 unspecified atom stereocenters. The fraction of sp³-hybridized carbons (Fsp3) is 0.231. The van der Waals surface area contributed by atoms with Gasteiger partial charge in [-0.15, -0.1) is 0 Å².